The Morgan fingerprint density at radius 2 is 2.08 bits per heavy atom. The summed E-state index contributed by atoms with van der Waals surface area (Å²) in [5.41, 5.74) is 0.459. The van der Waals surface area contributed by atoms with Crippen molar-refractivity contribution < 1.29 is 24.0 Å². The number of nitrogens with zero attached hydrogens (tertiary/aromatic N) is 2. The fraction of sp³-hybridized carbons (Fsp3) is 0.444. The van der Waals surface area contributed by atoms with Crippen LogP contribution in [-0.2, 0) is 17.8 Å². The van der Waals surface area contributed by atoms with Crippen molar-refractivity contribution in [2.24, 2.45) is 5.92 Å². The number of carbonyl (C=O) groups excluding carboxylic acids is 1. The average molecular weight is 359 g/mol. The van der Waals surface area contributed by atoms with E-state index in [-0.39, 0.29) is 18.6 Å². The van der Waals surface area contributed by atoms with Crippen LogP contribution in [0, 0.1) is 5.92 Å². The maximum atomic E-state index is 12.3. The normalized spacial score (nSPS) is 19.3. The zero-order chi connectivity index (χ0) is 18.5. The number of amides is 1. The van der Waals surface area contributed by atoms with E-state index in [1.54, 1.807) is 24.3 Å². The number of carboxylic acids is 1. The smallest absolute Gasteiger partial charge is 0.308 e. The lowest BCUT2D eigenvalue weighted by Gasteiger charge is -2.17. The van der Waals surface area contributed by atoms with Crippen molar-refractivity contribution in [2.75, 3.05) is 0 Å². The lowest BCUT2D eigenvalue weighted by atomic mass is 10.0. The predicted molar refractivity (Wildman–Crippen MR) is 90.7 cm³/mol. The summed E-state index contributed by atoms with van der Waals surface area (Å²) >= 11 is 0. The molecule has 1 saturated carbocycles. The highest BCUT2D eigenvalue weighted by molar-refractivity contribution is 5.94. The molecule has 2 aromatic rings. The lowest BCUT2D eigenvalue weighted by Crippen LogP contribution is -2.40. The van der Waals surface area contributed by atoms with Crippen LogP contribution in [0.15, 0.2) is 28.8 Å². The largest absolute Gasteiger partial charge is 0.485 e. The van der Waals surface area contributed by atoms with Crippen molar-refractivity contribution in [2.45, 2.75) is 45.3 Å². The first-order valence-electron chi connectivity index (χ1n) is 8.64. The Morgan fingerprint density at radius 1 is 1.31 bits per heavy atom. The van der Waals surface area contributed by atoms with Gasteiger partial charge in [0.25, 0.3) is 5.91 Å². The molecular weight excluding hydrogens is 338 g/mol. The van der Waals surface area contributed by atoms with E-state index in [1.807, 2.05) is 6.92 Å². The summed E-state index contributed by atoms with van der Waals surface area (Å²) in [6, 6.07) is 6.33. The number of hydrogen-bond donors (Lipinski definition) is 2. The van der Waals surface area contributed by atoms with E-state index in [0.717, 1.165) is 6.42 Å². The summed E-state index contributed by atoms with van der Waals surface area (Å²) in [6.07, 6.45) is 2.77. The van der Waals surface area contributed by atoms with Crippen molar-refractivity contribution in [3.63, 3.8) is 0 Å². The van der Waals surface area contributed by atoms with Gasteiger partial charge in [-0.3, -0.25) is 9.59 Å². The third-order valence-corrected chi connectivity index (χ3v) is 4.45. The highest BCUT2D eigenvalue weighted by Gasteiger charge is 2.33. The van der Waals surface area contributed by atoms with Gasteiger partial charge in [-0.15, -0.1) is 0 Å². The number of aryl methyl sites for hydroxylation is 1. The van der Waals surface area contributed by atoms with Crippen molar-refractivity contribution in [3.8, 4) is 5.75 Å². The topological polar surface area (TPSA) is 115 Å². The second-order valence-electron chi connectivity index (χ2n) is 6.23. The molecule has 2 atom stereocenters. The predicted octanol–water partition coefficient (Wildman–Crippen LogP) is 2.19. The van der Waals surface area contributed by atoms with Crippen LogP contribution in [0.1, 0.15) is 48.3 Å². The molecule has 0 bridgehead atoms. The molecule has 1 aliphatic rings. The van der Waals surface area contributed by atoms with E-state index >= 15 is 0 Å². The summed E-state index contributed by atoms with van der Waals surface area (Å²) < 4.78 is 10.6. The zero-order valence-electron chi connectivity index (χ0n) is 14.5. The number of hydrogen-bond acceptors (Lipinski definition) is 6. The van der Waals surface area contributed by atoms with Crippen LogP contribution >= 0.6 is 0 Å². The average Bonchev–Trinajstić information content (AvgIpc) is 3.29. The maximum absolute atomic E-state index is 12.3. The Labute approximate surface area is 150 Å². The minimum Gasteiger partial charge on any atom is -0.485 e. The Hall–Kier alpha value is -2.90. The molecule has 0 saturated heterocycles. The molecule has 1 aliphatic carbocycles. The summed E-state index contributed by atoms with van der Waals surface area (Å²) in [4.78, 5) is 27.7. The Kier molecular flexibility index (Phi) is 5.50. The van der Waals surface area contributed by atoms with Crippen LogP contribution in [0.25, 0.3) is 0 Å². The first-order valence-corrected chi connectivity index (χ1v) is 8.64. The highest BCUT2D eigenvalue weighted by Crippen LogP contribution is 2.26. The second kappa shape index (κ2) is 7.99. The lowest BCUT2D eigenvalue weighted by molar-refractivity contribution is -0.142. The fourth-order valence-corrected chi connectivity index (χ4v) is 3.02. The summed E-state index contributed by atoms with van der Waals surface area (Å²) in [7, 11) is 0. The first-order chi connectivity index (χ1) is 12.6. The van der Waals surface area contributed by atoms with E-state index in [0.29, 0.717) is 42.3 Å². The quantitative estimate of drug-likeness (QED) is 0.778. The van der Waals surface area contributed by atoms with Crippen LogP contribution in [0.2, 0.25) is 0 Å². The van der Waals surface area contributed by atoms with Crippen molar-refractivity contribution in [3.05, 3.63) is 41.5 Å². The zero-order valence-corrected chi connectivity index (χ0v) is 14.5. The number of ether oxygens (including phenoxy) is 1. The van der Waals surface area contributed by atoms with Gasteiger partial charge in [0.15, 0.2) is 6.61 Å². The Morgan fingerprint density at radius 3 is 2.73 bits per heavy atom. The molecule has 0 radical (unpaired) electrons. The molecule has 1 fully saturated rings. The van der Waals surface area contributed by atoms with Crippen LogP contribution < -0.4 is 10.1 Å². The van der Waals surface area contributed by atoms with Gasteiger partial charge in [-0.2, -0.15) is 4.98 Å². The van der Waals surface area contributed by atoms with Crippen molar-refractivity contribution >= 4 is 11.9 Å². The van der Waals surface area contributed by atoms with Crippen LogP contribution in [-0.4, -0.2) is 33.2 Å². The molecule has 1 aromatic carbocycles. The standard InChI is InChI=1S/C18H21N3O5/c1-2-16-20-15(21-26-16)10-25-12-8-6-11(7-9-12)17(22)19-14-5-3-4-13(14)18(23)24/h6-9,13-14H,2-5,10H2,1H3,(H,19,22)(H,23,24)/t13-,14+/m0/s1. The molecule has 1 heterocycles. The van der Waals surface area contributed by atoms with E-state index < -0.39 is 11.9 Å². The van der Waals surface area contributed by atoms with E-state index in [9.17, 15) is 14.7 Å². The van der Waals surface area contributed by atoms with E-state index in [1.165, 1.54) is 0 Å². The molecule has 26 heavy (non-hydrogen) atoms. The van der Waals surface area contributed by atoms with Crippen LogP contribution in [0.4, 0.5) is 0 Å². The maximum Gasteiger partial charge on any atom is 0.308 e. The molecule has 1 aromatic heterocycles. The van der Waals surface area contributed by atoms with E-state index in [2.05, 4.69) is 15.5 Å². The number of aliphatic carboxylic acids is 1. The SMILES string of the molecule is CCc1nc(COc2ccc(C(=O)N[C@@H]3CCC[C@@H]3C(=O)O)cc2)no1. The summed E-state index contributed by atoms with van der Waals surface area (Å²) in [6.45, 7) is 2.10. The molecule has 8 heteroatoms. The minimum absolute atomic E-state index is 0.178. The molecular formula is C18H21N3O5. The Balaban J connectivity index is 1.55. The molecule has 2 N–H and O–H groups in total. The highest BCUT2D eigenvalue weighted by atomic mass is 16.5. The van der Waals surface area contributed by atoms with Crippen molar-refractivity contribution in [1.82, 2.24) is 15.5 Å². The van der Waals surface area contributed by atoms with Crippen LogP contribution in [0.3, 0.4) is 0 Å². The third kappa shape index (κ3) is 4.19. The van der Waals surface area contributed by atoms with Gasteiger partial charge in [0.2, 0.25) is 11.7 Å². The molecule has 3 rings (SSSR count). The number of aromatic nitrogens is 2. The van der Waals surface area contributed by atoms with Gasteiger partial charge >= 0.3 is 5.97 Å². The van der Waals surface area contributed by atoms with E-state index in [4.69, 9.17) is 9.26 Å². The third-order valence-electron chi connectivity index (χ3n) is 4.45. The molecule has 0 aliphatic heterocycles. The molecule has 138 valence electrons. The molecule has 1 amide bonds. The van der Waals surface area contributed by atoms with Gasteiger partial charge in [-0.25, -0.2) is 0 Å². The number of rotatable bonds is 7. The van der Waals surface area contributed by atoms with Gasteiger partial charge < -0.3 is 19.7 Å². The minimum atomic E-state index is -0.857. The van der Waals surface area contributed by atoms with Gasteiger partial charge in [0, 0.05) is 18.0 Å². The van der Waals surface area contributed by atoms with Crippen molar-refractivity contribution in [1.29, 1.82) is 0 Å². The monoisotopic (exact) mass is 359 g/mol. The molecule has 8 nitrogen and oxygen atoms in total. The van der Waals surface area contributed by atoms with Gasteiger partial charge in [-0.1, -0.05) is 18.5 Å². The second-order valence-corrected chi connectivity index (χ2v) is 6.23. The fourth-order valence-electron chi connectivity index (χ4n) is 3.02. The summed E-state index contributed by atoms with van der Waals surface area (Å²) in [5, 5.41) is 15.8. The molecule has 0 spiro atoms. The summed E-state index contributed by atoms with van der Waals surface area (Å²) in [5.74, 6) is -0.0466. The number of benzene rings is 1. The number of nitrogens with one attached hydrogen (secondary N) is 1. The van der Waals surface area contributed by atoms with Gasteiger partial charge in [0.1, 0.15) is 5.75 Å². The Bertz CT molecular complexity index is 771. The van der Waals surface area contributed by atoms with Gasteiger partial charge in [-0.05, 0) is 37.1 Å². The number of carboxylic acid groups (broad SMARTS) is 1. The number of carbonyl (C=O) groups is 2. The van der Waals surface area contributed by atoms with Crippen LogP contribution in [0.5, 0.6) is 5.75 Å². The first kappa shape index (κ1) is 17.9. The van der Waals surface area contributed by atoms with Gasteiger partial charge in [0.05, 0.1) is 5.92 Å². The molecule has 0 unspecified atom stereocenters.